The Morgan fingerprint density at radius 2 is 1.06 bits per heavy atom. The Kier molecular flexibility index (Phi) is 11.8. The SMILES string of the molecule is CN1CC[C@@](O)(C#Cc2cccc(-n3nc(C(N)=O)c4cnc(N5CC[C@@H](O)C5)cc43)c2)C1=O.CN1CC[C@@](O)(C#Cc2cccc(-n3nc(C(N)=O)c4cnc(N5CC[C@H](O)C5)cc43)c2)C1=O. The number of aliphatic hydroxyl groups excluding tert-OH is 2. The Morgan fingerprint density at radius 3 is 1.40 bits per heavy atom. The normalized spacial score (nSPS) is 22.3. The van der Waals surface area contributed by atoms with Crippen LogP contribution in [0.25, 0.3) is 33.2 Å². The van der Waals surface area contributed by atoms with Crippen LogP contribution in [0, 0.1) is 23.7 Å². The zero-order chi connectivity index (χ0) is 48.1. The molecule has 0 aliphatic carbocycles. The van der Waals surface area contributed by atoms with Crippen LogP contribution in [-0.4, -0.2) is 160 Å². The summed E-state index contributed by atoms with van der Waals surface area (Å²) in [6.45, 7) is 3.22. The number of pyridine rings is 2. The van der Waals surface area contributed by atoms with Crippen LogP contribution in [0.5, 0.6) is 0 Å². The number of carbonyl (C=O) groups is 4. The third-order valence-corrected chi connectivity index (χ3v) is 12.6. The molecule has 4 aliphatic rings. The molecule has 0 unspecified atom stereocenters. The molecule has 6 aromatic rings. The number of fused-ring (bicyclic) bond motifs is 2. The Balaban J connectivity index is 0.000000170. The van der Waals surface area contributed by atoms with Crippen molar-refractivity contribution in [2.24, 2.45) is 11.5 Å². The molecule has 8 N–H and O–H groups in total. The largest absolute Gasteiger partial charge is 0.391 e. The van der Waals surface area contributed by atoms with Crippen LogP contribution in [0.4, 0.5) is 11.6 Å². The van der Waals surface area contributed by atoms with Gasteiger partial charge < -0.3 is 51.5 Å². The number of hydrogen-bond donors (Lipinski definition) is 6. The molecule has 0 bridgehead atoms. The van der Waals surface area contributed by atoms with Gasteiger partial charge in [0, 0.05) is 102 Å². The van der Waals surface area contributed by atoms with Crippen LogP contribution in [0.2, 0.25) is 0 Å². The second kappa shape index (κ2) is 17.7. The second-order valence-corrected chi connectivity index (χ2v) is 17.4. The van der Waals surface area contributed by atoms with Gasteiger partial charge in [-0.05, 0) is 49.2 Å². The molecule has 4 fully saturated rings. The first-order valence-corrected chi connectivity index (χ1v) is 22.0. The van der Waals surface area contributed by atoms with Crippen LogP contribution in [0.3, 0.4) is 0 Å². The van der Waals surface area contributed by atoms with Crippen molar-refractivity contribution in [1.82, 2.24) is 39.3 Å². The molecular formula is C48H48N12O8. The standard InChI is InChI=1S/2C24H24N6O4/c2*1-28-10-8-24(34,23(28)33)7-5-15-3-2-4-16(11-15)30-19-12-20(29-9-6-17(31)14-29)26-13-18(19)21(27-30)22(25)32/h2*2-4,11-13,17,31,34H,6,8-10,14H2,1H3,(H2,25,32)/t17-,24+;17-,24-/m10/s1. The molecule has 4 aromatic heterocycles. The molecule has 8 heterocycles. The van der Waals surface area contributed by atoms with Gasteiger partial charge in [0.2, 0.25) is 11.2 Å². The van der Waals surface area contributed by atoms with E-state index in [2.05, 4.69) is 43.8 Å². The fourth-order valence-electron chi connectivity index (χ4n) is 8.72. The first kappa shape index (κ1) is 45.3. The molecular weight excluding hydrogens is 873 g/mol. The lowest BCUT2D eigenvalue weighted by Gasteiger charge is -2.16. The first-order valence-electron chi connectivity index (χ1n) is 22.0. The number of amides is 4. The van der Waals surface area contributed by atoms with Gasteiger partial charge in [-0.2, -0.15) is 10.2 Å². The van der Waals surface area contributed by atoms with Crippen molar-refractivity contribution < 1.29 is 39.6 Å². The van der Waals surface area contributed by atoms with Crippen molar-refractivity contribution in [3.63, 3.8) is 0 Å². The smallest absolute Gasteiger partial charge is 0.269 e. The maximum atomic E-state index is 12.2. The molecule has 348 valence electrons. The fourth-order valence-corrected chi connectivity index (χ4v) is 8.72. The number of aromatic nitrogens is 6. The molecule has 20 heteroatoms. The monoisotopic (exact) mass is 920 g/mol. The van der Waals surface area contributed by atoms with Gasteiger partial charge in [0.25, 0.3) is 23.6 Å². The van der Waals surface area contributed by atoms with Gasteiger partial charge >= 0.3 is 0 Å². The molecule has 4 saturated heterocycles. The molecule has 4 atom stereocenters. The average Bonchev–Trinajstić information content (AvgIpc) is 4.20. The molecule has 4 aliphatic heterocycles. The van der Waals surface area contributed by atoms with Gasteiger partial charge in [0.1, 0.15) is 11.6 Å². The lowest BCUT2D eigenvalue weighted by molar-refractivity contribution is -0.138. The van der Waals surface area contributed by atoms with Gasteiger partial charge in [-0.15, -0.1) is 0 Å². The third kappa shape index (κ3) is 8.64. The lowest BCUT2D eigenvalue weighted by atomic mass is 10.0. The number of carbonyl (C=O) groups excluding carboxylic acids is 4. The maximum absolute atomic E-state index is 12.2. The number of benzene rings is 2. The van der Waals surface area contributed by atoms with Crippen LogP contribution >= 0.6 is 0 Å². The minimum atomic E-state index is -1.69. The Labute approximate surface area is 389 Å². The number of likely N-dealkylation sites (N-methyl/N-ethyl adjacent to an activating group) is 2. The highest BCUT2D eigenvalue weighted by Crippen LogP contribution is 2.30. The van der Waals surface area contributed by atoms with E-state index in [1.165, 1.54) is 9.80 Å². The summed E-state index contributed by atoms with van der Waals surface area (Å²) in [5, 5.41) is 50.8. The predicted molar refractivity (Wildman–Crippen MR) is 249 cm³/mol. The van der Waals surface area contributed by atoms with Gasteiger partial charge in [0.15, 0.2) is 11.4 Å². The molecule has 4 amide bonds. The Morgan fingerprint density at radius 1 is 0.647 bits per heavy atom. The average molecular weight is 921 g/mol. The van der Waals surface area contributed by atoms with Crippen LogP contribution in [0.15, 0.2) is 73.1 Å². The van der Waals surface area contributed by atoms with Crippen LogP contribution in [-0.2, 0) is 9.59 Å². The van der Waals surface area contributed by atoms with E-state index in [1.807, 2.05) is 34.1 Å². The van der Waals surface area contributed by atoms with E-state index in [0.29, 0.717) is 108 Å². The highest BCUT2D eigenvalue weighted by molar-refractivity contribution is 6.05. The number of hydrogen-bond acceptors (Lipinski definition) is 14. The van der Waals surface area contributed by atoms with Crippen molar-refractivity contribution in [3.05, 3.63) is 95.6 Å². The summed E-state index contributed by atoms with van der Waals surface area (Å²) in [7, 11) is 3.27. The van der Waals surface area contributed by atoms with Crippen molar-refractivity contribution in [2.75, 3.05) is 63.2 Å². The van der Waals surface area contributed by atoms with E-state index in [0.717, 1.165) is 0 Å². The number of primary amides is 2. The van der Waals surface area contributed by atoms with Crippen molar-refractivity contribution in [1.29, 1.82) is 0 Å². The summed E-state index contributed by atoms with van der Waals surface area (Å²) in [6.07, 6.45) is 4.17. The van der Waals surface area contributed by atoms with Crippen molar-refractivity contribution in [3.8, 4) is 35.1 Å². The minimum Gasteiger partial charge on any atom is -0.391 e. The van der Waals surface area contributed by atoms with E-state index in [9.17, 15) is 39.6 Å². The zero-order valence-electron chi connectivity index (χ0n) is 37.2. The zero-order valence-corrected chi connectivity index (χ0v) is 37.2. The van der Waals surface area contributed by atoms with E-state index in [-0.39, 0.29) is 24.2 Å². The quantitative estimate of drug-likeness (QED) is 0.121. The number of likely N-dealkylation sites (tertiary alicyclic amines) is 2. The number of β-amino-alcohol motifs (C(OH)–C–C–N with tert-alkyl or cyclic N) is 2. The van der Waals surface area contributed by atoms with E-state index in [1.54, 1.807) is 72.3 Å². The number of nitrogens with zero attached hydrogens (tertiary/aromatic N) is 10. The lowest BCUT2D eigenvalue weighted by Crippen LogP contribution is -2.37. The summed E-state index contributed by atoms with van der Waals surface area (Å²) in [5.74, 6) is 10.4. The molecule has 10 rings (SSSR count). The summed E-state index contributed by atoms with van der Waals surface area (Å²) in [5.41, 5.74) is 11.6. The van der Waals surface area contributed by atoms with Crippen molar-refractivity contribution in [2.45, 2.75) is 49.1 Å². The molecule has 20 nitrogen and oxygen atoms in total. The number of nitrogens with two attached hydrogens (primary N) is 2. The molecule has 0 saturated carbocycles. The summed E-state index contributed by atoms with van der Waals surface area (Å²) >= 11 is 0. The topological polar surface area (TPSA) is 276 Å². The molecule has 0 radical (unpaired) electrons. The van der Waals surface area contributed by atoms with Crippen LogP contribution < -0.4 is 21.3 Å². The molecule has 0 spiro atoms. The Hall–Kier alpha value is -7.88. The third-order valence-electron chi connectivity index (χ3n) is 12.6. The summed E-state index contributed by atoms with van der Waals surface area (Å²) in [6, 6.07) is 17.9. The Bertz CT molecular complexity index is 2960. The van der Waals surface area contributed by atoms with E-state index in [4.69, 9.17) is 11.5 Å². The van der Waals surface area contributed by atoms with Crippen LogP contribution in [0.1, 0.15) is 57.8 Å². The van der Waals surface area contributed by atoms with E-state index < -0.39 is 47.0 Å². The summed E-state index contributed by atoms with van der Waals surface area (Å²) in [4.78, 5) is 64.3. The fraction of sp³-hybridized carbons (Fsp3) is 0.333. The van der Waals surface area contributed by atoms with E-state index >= 15 is 0 Å². The maximum Gasteiger partial charge on any atom is 0.269 e. The number of rotatable bonds is 6. The highest BCUT2D eigenvalue weighted by atomic mass is 16.3. The van der Waals surface area contributed by atoms with Gasteiger partial charge in [-0.1, -0.05) is 35.8 Å². The summed E-state index contributed by atoms with van der Waals surface area (Å²) < 4.78 is 3.20. The van der Waals surface area contributed by atoms with Gasteiger partial charge in [-0.3, -0.25) is 19.2 Å². The minimum absolute atomic E-state index is 0.0981. The number of aliphatic hydroxyl groups is 4. The number of anilines is 2. The first-order chi connectivity index (χ1) is 32.5. The molecule has 2 aromatic carbocycles. The van der Waals surface area contributed by atoms with Gasteiger partial charge in [-0.25, -0.2) is 19.3 Å². The predicted octanol–water partition coefficient (Wildman–Crippen LogP) is 0.0702. The molecule has 68 heavy (non-hydrogen) atoms. The second-order valence-electron chi connectivity index (χ2n) is 17.4. The van der Waals surface area contributed by atoms with Crippen molar-refractivity contribution >= 4 is 57.1 Å². The highest BCUT2D eigenvalue weighted by Gasteiger charge is 2.43. The van der Waals surface area contributed by atoms with Gasteiger partial charge in [0.05, 0.1) is 45.4 Å².